The topological polar surface area (TPSA) is 64.1 Å². The molecule has 1 amide bonds. The highest BCUT2D eigenvalue weighted by Crippen LogP contribution is 2.32. The van der Waals surface area contributed by atoms with Crippen molar-refractivity contribution in [3.63, 3.8) is 0 Å². The minimum absolute atomic E-state index is 0.273. The Balaban J connectivity index is 1.60. The summed E-state index contributed by atoms with van der Waals surface area (Å²) in [5, 5.41) is 12.7. The lowest BCUT2D eigenvalue weighted by molar-refractivity contribution is -0.122. The van der Waals surface area contributed by atoms with E-state index in [0.29, 0.717) is 22.3 Å². The first-order chi connectivity index (χ1) is 12.5. The molecule has 3 aromatic rings. The van der Waals surface area contributed by atoms with Crippen molar-refractivity contribution in [2.75, 3.05) is 5.32 Å². The lowest BCUT2D eigenvalue weighted by Gasteiger charge is -2.14. The van der Waals surface area contributed by atoms with Crippen molar-refractivity contribution in [2.45, 2.75) is 19.4 Å². The molecule has 26 heavy (non-hydrogen) atoms. The predicted molar refractivity (Wildman–Crippen MR) is 104 cm³/mol. The van der Waals surface area contributed by atoms with E-state index < -0.39 is 6.10 Å². The van der Waals surface area contributed by atoms with Gasteiger partial charge in [0.1, 0.15) is 15.8 Å². The van der Waals surface area contributed by atoms with E-state index >= 15 is 0 Å². The molecule has 1 atom stereocenters. The van der Waals surface area contributed by atoms with Crippen molar-refractivity contribution in [2.24, 2.45) is 0 Å². The Hall–Kier alpha value is -2.15. The van der Waals surface area contributed by atoms with Crippen LogP contribution in [-0.2, 0) is 11.2 Å². The van der Waals surface area contributed by atoms with E-state index in [2.05, 4.69) is 15.5 Å². The first kappa shape index (κ1) is 18.6. The standard InChI is InChI=1S/C18H15Cl2N3O2S/c1-11(25-14-9-5-8-13(19)16(14)20)17(24)21-18-23-22-15(26-18)10-12-6-3-2-4-7-12/h2-9,11H,10H2,1H3,(H,21,23,24). The third kappa shape index (κ3) is 4.72. The number of benzene rings is 2. The maximum absolute atomic E-state index is 12.3. The van der Waals surface area contributed by atoms with Gasteiger partial charge < -0.3 is 4.74 Å². The molecule has 0 aliphatic carbocycles. The number of aromatic nitrogens is 2. The lowest BCUT2D eigenvalue weighted by atomic mass is 10.2. The zero-order valence-corrected chi connectivity index (χ0v) is 16.1. The monoisotopic (exact) mass is 407 g/mol. The van der Waals surface area contributed by atoms with Gasteiger partial charge in [-0.25, -0.2) is 0 Å². The Bertz CT molecular complexity index is 902. The number of amides is 1. The summed E-state index contributed by atoms with van der Waals surface area (Å²) in [7, 11) is 0. The van der Waals surface area contributed by atoms with Crippen LogP contribution in [0.3, 0.4) is 0 Å². The van der Waals surface area contributed by atoms with E-state index in [0.717, 1.165) is 10.6 Å². The molecule has 3 rings (SSSR count). The fraction of sp³-hybridized carbons (Fsp3) is 0.167. The SMILES string of the molecule is CC(Oc1cccc(Cl)c1Cl)C(=O)Nc1nnc(Cc2ccccc2)s1. The van der Waals surface area contributed by atoms with Crippen LogP contribution in [0.1, 0.15) is 17.5 Å². The number of hydrogen-bond acceptors (Lipinski definition) is 5. The minimum Gasteiger partial charge on any atom is -0.479 e. The number of rotatable bonds is 6. The number of nitrogens with zero attached hydrogens (tertiary/aromatic N) is 2. The largest absolute Gasteiger partial charge is 0.479 e. The molecule has 1 aromatic heterocycles. The molecule has 134 valence electrons. The van der Waals surface area contributed by atoms with Crippen LogP contribution in [-0.4, -0.2) is 22.2 Å². The summed E-state index contributed by atoms with van der Waals surface area (Å²) >= 11 is 13.3. The molecule has 0 radical (unpaired) electrons. The van der Waals surface area contributed by atoms with Crippen LogP contribution in [0.15, 0.2) is 48.5 Å². The molecule has 1 unspecified atom stereocenters. The molecule has 0 aliphatic rings. The molecule has 1 heterocycles. The van der Waals surface area contributed by atoms with E-state index in [-0.39, 0.29) is 10.9 Å². The zero-order valence-electron chi connectivity index (χ0n) is 13.8. The van der Waals surface area contributed by atoms with Gasteiger partial charge in [0.15, 0.2) is 6.10 Å². The van der Waals surface area contributed by atoms with Crippen LogP contribution in [0.5, 0.6) is 5.75 Å². The van der Waals surface area contributed by atoms with Crippen molar-refractivity contribution in [3.8, 4) is 5.75 Å². The van der Waals surface area contributed by atoms with Gasteiger partial charge in [-0.2, -0.15) is 0 Å². The van der Waals surface area contributed by atoms with Crippen LogP contribution in [0.2, 0.25) is 10.0 Å². The number of nitrogens with one attached hydrogen (secondary N) is 1. The quantitative estimate of drug-likeness (QED) is 0.634. The number of carbonyl (C=O) groups excluding carboxylic acids is 1. The molecule has 0 spiro atoms. The summed E-state index contributed by atoms with van der Waals surface area (Å²) < 4.78 is 5.59. The second-order valence-corrected chi connectivity index (χ2v) is 7.31. The zero-order chi connectivity index (χ0) is 18.5. The van der Waals surface area contributed by atoms with Gasteiger partial charge >= 0.3 is 0 Å². The molecule has 0 saturated heterocycles. The average molecular weight is 408 g/mol. The minimum atomic E-state index is -0.771. The van der Waals surface area contributed by atoms with Gasteiger partial charge in [0.05, 0.1) is 5.02 Å². The van der Waals surface area contributed by atoms with Gasteiger partial charge in [0, 0.05) is 6.42 Å². The summed E-state index contributed by atoms with van der Waals surface area (Å²) in [6.45, 7) is 1.62. The summed E-state index contributed by atoms with van der Waals surface area (Å²) in [6.07, 6.45) is -0.106. The number of anilines is 1. The van der Waals surface area contributed by atoms with Crippen molar-refractivity contribution in [3.05, 3.63) is 69.1 Å². The van der Waals surface area contributed by atoms with Crippen LogP contribution < -0.4 is 10.1 Å². The normalized spacial score (nSPS) is 11.8. The third-order valence-corrected chi connectivity index (χ3v) is 5.12. The molecule has 0 aliphatic heterocycles. The van der Waals surface area contributed by atoms with Crippen LogP contribution in [0.4, 0.5) is 5.13 Å². The molecule has 2 aromatic carbocycles. The molecule has 5 nitrogen and oxygen atoms in total. The fourth-order valence-electron chi connectivity index (χ4n) is 2.17. The molecular formula is C18H15Cl2N3O2S. The predicted octanol–water partition coefficient (Wildman–Crippen LogP) is 4.84. The molecule has 0 fully saturated rings. The third-order valence-electron chi connectivity index (χ3n) is 3.48. The number of halogens is 2. The van der Waals surface area contributed by atoms with Gasteiger partial charge in [-0.1, -0.05) is 70.9 Å². The fourth-order valence-corrected chi connectivity index (χ4v) is 3.29. The highest BCUT2D eigenvalue weighted by molar-refractivity contribution is 7.15. The molecule has 0 bridgehead atoms. The smallest absolute Gasteiger partial charge is 0.266 e. The summed E-state index contributed by atoms with van der Waals surface area (Å²) in [6, 6.07) is 14.9. The average Bonchev–Trinajstić information content (AvgIpc) is 3.06. The van der Waals surface area contributed by atoms with Gasteiger partial charge in [-0.05, 0) is 24.6 Å². The summed E-state index contributed by atoms with van der Waals surface area (Å²) in [5.41, 5.74) is 1.13. The maximum Gasteiger partial charge on any atom is 0.266 e. The molecule has 8 heteroatoms. The first-order valence-electron chi connectivity index (χ1n) is 7.81. The molecule has 0 saturated carbocycles. The van der Waals surface area contributed by atoms with Crippen molar-refractivity contribution >= 4 is 45.6 Å². The van der Waals surface area contributed by atoms with E-state index in [1.54, 1.807) is 25.1 Å². The Morgan fingerprint density at radius 3 is 2.69 bits per heavy atom. The Morgan fingerprint density at radius 1 is 1.15 bits per heavy atom. The summed E-state index contributed by atoms with van der Waals surface area (Å²) in [5.74, 6) is 0.00676. The van der Waals surface area contributed by atoms with Crippen LogP contribution >= 0.6 is 34.5 Å². The van der Waals surface area contributed by atoms with Gasteiger partial charge in [0.2, 0.25) is 5.13 Å². The van der Waals surface area contributed by atoms with Crippen LogP contribution in [0, 0.1) is 0 Å². The Morgan fingerprint density at radius 2 is 1.92 bits per heavy atom. The van der Waals surface area contributed by atoms with E-state index in [1.165, 1.54) is 11.3 Å². The van der Waals surface area contributed by atoms with Crippen LogP contribution in [0.25, 0.3) is 0 Å². The second-order valence-electron chi connectivity index (χ2n) is 5.46. The number of carbonyl (C=O) groups is 1. The maximum atomic E-state index is 12.3. The van der Waals surface area contributed by atoms with E-state index in [1.807, 2.05) is 30.3 Å². The first-order valence-corrected chi connectivity index (χ1v) is 9.38. The lowest BCUT2D eigenvalue weighted by Crippen LogP contribution is -2.30. The van der Waals surface area contributed by atoms with Crippen molar-refractivity contribution in [1.82, 2.24) is 10.2 Å². The number of ether oxygens (including phenoxy) is 1. The van der Waals surface area contributed by atoms with Gasteiger partial charge in [-0.3, -0.25) is 10.1 Å². The Labute approximate surface area is 164 Å². The van der Waals surface area contributed by atoms with Crippen molar-refractivity contribution in [1.29, 1.82) is 0 Å². The second kappa shape index (κ2) is 8.49. The summed E-state index contributed by atoms with van der Waals surface area (Å²) in [4.78, 5) is 12.3. The van der Waals surface area contributed by atoms with Crippen molar-refractivity contribution < 1.29 is 9.53 Å². The van der Waals surface area contributed by atoms with E-state index in [9.17, 15) is 4.79 Å². The highest BCUT2D eigenvalue weighted by atomic mass is 35.5. The number of hydrogen-bond donors (Lipinski definition) is 1. The Kier molecular flexibility index (Phi) is 6.08. The molecule has 1 N–H and O–H groups in total. The highest BCUT2D eigenvalue weighted by Gasteiger charge is 2.19. The molecular weight excluding hydrogens is 393 g/mol. The van der Waals surface area contributed by atoms with Gasteiger partial charge in [-0.15, -0.1) is 10.2 Å². The van der Waals surface area contributed by atoms with Gasteiger partial charge in [0.25, 0.3) is 5.91 Å². The van der Waals surface area contributed by atoms with E-state index in [4.69, 9.17) is 27.9 Å².